The number of unbranched alkanes of at least 4 members (excludes halogenated alkanes) is 1. The summed E-state index contributed by atoms with van der Waals surface area (Å²) in [6.45, 7) is 73.3. The quantitative estimate of drug-likeness (QED) is 0.0184. The molecule has 2 saturated heterocycles. The second kappa shape index (κ2) is 41.4. The minimum Gasteiger partial charge on any atom is -0.410 e. The molecule has 2 aromatic rings. The molecule has 6 saturated carbocycles. The van der Waals surface area contributed by atoms with Crippen molar-refractivity contribution in [2.75, 3.05) is 47.2 Å². The zero-order chi connectivity index (χ0) is 86.1. The van der Waals surface area contributed by atoms with Crippen LogP contribution in [-0.2, 0) is 55.5 Å². The first kappa shape index (κ1) is 103. The number of benzene rings is 2. The van der Waals surface area contributed by atoms with Crippen LogP contribution in [0.2, 0.25) is 72.5 Å². The van der Waals surface area contributed by atoms with Gasteiger partial charge in [-0.25, -0.2) is 0 Å². The van der Waals surface area contributed by atoms with Crippen LogP contribution in [0.15, 0.2) is 95.6 Å². The van der Waals surface area contributed by atoms with Crippen LogP contribution in [0.4, 0.5) is 0 Å². The van der Waals surface area contributed by atoms with E-state index in [1.54, 1.807) is 19.8 Å². The van der Waals surface area contributed by atoms with Crippen molar-refractivity contribution in [3.8, 4) is 0 Å². The van der Waals surface area contributed by atoms with Crippen LogP contribution in [0.1, 0.15) is 287 Å². The Labute approximate surface area is 728 Å². The number of hydrogen-bond acceptors (Lipinski definition) is 12. The van der Waals surface area contributed by atoms with Crippen LogP contribution >= 0.6 is 7.14 Å². The molecule has 12 atom stereocenters. The van der Waals surface area contributed by atoms with Crippen LogP contribution in [0.25, 0.3) is 0 Å². The van der Waals surface area contributed by atoms with Crippen LogP contribution in [0.5, 0.6) is 0 Å². The number of ether oxygens (including phenoxy) is 6. The Balaban J connectivity index is 0.000000277. The number of Topliss-reactive ketones (excluding diaryl/α,β-unsaturated/α-hetero) is 1. The molecule has 2 heterocycles. The fourth-order valence-corrected chi connectivity index (χ4v) is 27.0. The smallest absolute Gasteiger partial charge is 0.410 e. The topological polar surface area (TPSA) is 133 Å². The van der Waals surface area contributed by atoms with E-state index >= 15 is 0 Å². The van der Waals surface area contributed by atoms with Crippen LogP contribution < -0.4 is 29.5 Å². The number of hydrogen-bond donors (Lipinski definition) is 0. The number of methoxy groups -OCH3 is 2. The molecule has 8 fully saturated rings. The molecule has 0 bridgehead atoms. The summed E-state index contributed by atoms with van der Waals surface area (Å²) in [7, 11) is -7.62. The molecule has 0 aromatic heterocycles. The number of carbonyl (C=O) groups is 1. The van der Waals surface area contributed by atoms with E-state index in [-0.39, 0.29) is 91.2 Å². The molecule has 6 aliphatic carbocycles. The number of epoxide rings is 2. The average Bonchev–Trinajstić information content (AvgIpc) is 1.57. The van der Waals surface area contributed by atoms with Crippen molar-refractivity contribution in [1.82, 2.24) is 0 Å². The summed E-state index contributed by atoms with van der Waals surface area (Å²) in [5.74, 6) is 4.57. The fourth-order valence-electron chi connectivity index (χ4n) is 19.1. The van der Waals surface area contributed by atoms with E-state index in [9.17, 15) is 9.36 Å². The number of allylic oxidation sites excluding steroid dienone is 4. The maximum atomic E-state index is 14.8. The normalized spacial score (nSPS) is 28.9. The van der Waals surface area contributed by atoms with Crippen molar-refractivity contribution in [3.63, 3.8) is 0 Å². The molecular formula is C98H172LiO12PSi4. The maximum Gasteiger partial charge on any atom is 1.00 e. The molecule has 0 N–H and O–H groups in total. The molecule has 12 nitrogen and oxygen atoms in total. The summed E-state index contributed by atoms with van der Waals surface area (Å²) in [6, 6.07) is 19.9. The zero-order valence-electron chi connectivity index (χ0n) is 80.4. The molecule has 2 spiro atoms. The van der Waals surface area contributed by atoms with Crippen molar-refractivity contribution in [1.29, 1.82) is 0 Å². The summed E-state index contributed by atoms with van der Waals surface area (Å²) in [5, 5.41) is 2.29. The van der Waals surface area contributed by atoms with Gasteiger partial charge in [0, 0.05) is 43.3 Å². The van der Waals surface area contributed by atoms with Crippen molar-refractivity contribution in [2.45, 2.75) is 406 Å². The van der Waals surface area contributed by atoms with Gasteiger partial charge in [0.05, 0.1) is 48.8 Å². The number of fused-ring (bicyclic) bond motifs is 2. The Morgan fingerprint density at radius 2 is 0.862 bits per heavy atom. The maximum absolute atomic E-state index is 14.8. The first-order valence-corrected chi connectivity index (χ1v) is 59.0. The monoisotopic (exact) mass is 1690 g/mol. The second-order valence-electron chi connectivity index (χ2n) is 44.7. The predicted molar refractivity (Wildman–Crippen MR) is 495 cm³/mol. The molecule has 18 heteroatoms. The van der Waals surface area contributed by atoms with Gasteiger partial charge in [-0.1, -0.05) is 245 Å². The van der Waals surface area contributed by atoms with Crippen molar-refractivity contribution in [2.24, 2.45) is 46.3 Å². The number of carbonyl (C=O) groups excluding carboxylic acids is 1. The van der Waals surface area contributed by atoms with Crippen molar-refractivity contribution >= 4 is 56.8 Å². The van der Waals surface area contributed by atoms with Gasteiger partial charge in [0.25, 0.3) is 0 Å². The molecule has 0 amide bonds. The summed E-state index contributed by atoms with van der Waals surface area (Å²) in [6.07, 6.45) is 32.9. The second-order valence-corrected chi connectivity index (χ2v) is 66.6. The molecule has 658 valence electrons. The third-order valence-electron chi connectivity index (χ3n) is 31.1. The average molecular weight is 1690 g/mol. The molecule has 8 aliphatic rings. The van der Waals surface area contributed by atoms with E-state index < -0.39 is 40.4 Å². The van der Waals surface area contributed by atoms with E-state index in [0.717, 1.165) is 99.2 Å². The Hall–Kier alpha value is -1.38. The van der Waals surface area contributed by atoms with E-state index in [1.165, 1.54) is 88.2 Å². The van der Waals surface area contributed by atoms with E-state index in [0.29, 0.717) is 55.3 Å². The summed E-state index contributed by atoms with van der Waals surface area (Å²) in [5.41, 5.74) is 4.24. The fraction of sp³-hybridized carbons (Fsp3) is 0.796. The van der Waals surface area contributed by atoms with Gasteiger partial charge in [-0.3, -0.25) is 4.79 Å². The largest absolute Gasteiger partial charge is 1.00 e. The van der Waals surface area contributed by atoms with Gasteiger partial charge in [-0.15, -0.1) is 0 Å². The van der Waals surface area contributed by atoms with Gasteiger partial charge in [-0.05, 0) is 237 Å². The van der Waals surface area contributed by atoms with E-state index in [2.05, 4.69) is 223 Å². The van der Waals surface area contributed by atoms with Gasteiger partial charge in [0.1, 0.15) is 37.7 Å². The molecule has 6 unspecified atom stereocenters. The third kappa shape index (κ3) is 25.9. The zero-order valence-corrected chi connectivity index (χ0v) is 85.3. The minimum atomic E-state index is -2.85. The van der Waals surface area contributed by atoms with Gasteiger partial charge in [0.2, 0.25) is 0 Å². The summed E-state index contributed by atoms with van der Waals surface area (Å²) >= 11 is 0. The third-order valence-corrected chi connectivity index (χ3v) is 52.0. The number of rotatable bonds is 30. The summed E-state index contributed by atoms with van der Waals surface area (Å²) in [4.78, 5) is 12.3. The van der Waals surface area contributed by atoms with Gasteiger partial charge in [0.15, 0.2) is 33.3 Å². The van der Waals surface area contributed by atoms with Gasteiger partial charge < -0.3 is 57.6 Å². The standard InChI is InChI=1S/C41H76O5Si2.C33H51O4PSi2.C20H36O3.C4H9.Li/c1-30(18-16-24-39(8,9)44-29-42-11)33-22-23-34-32(19-17-25-40(33,34)10)21-20-31-26-35(45-47(12,13)37(2,3)4)41(28-43-41)36(27-31)46-48(14,15)38(5,6)7;1-31(2,3)39(7,8)36-29-23-26(24-30(33(29)25-35-33)37-40(9,10)32(4,5)6)21-22-38(34,27-17-13-11-14-18-27)28-19-15-12-16-20-28;1-15(8-6-12-19(2,3)23-14-22-5)16-10-11-17-18(21)9-7-13-20(16,17)4;1-3-4-2;/h20-21,30,33-36H,16-19,22-29H2,1-15H3;11-21,29-30H,22-25H2,1-10H3;15-17H,6-14H2,1-5H3;1,3-4H2,2H3;/q;;;-1;+1/b31-20?,32-21+;;;;/t30-,33?,34?,35-,36-,40?,41?;29-,30-,33?;15-,16?,17?,20?;;/m111../s1. The minimum absolute atomic E-state index is 0. The Morgan fingerprint density at radius 1 is 0.526 bits per heavy atom. The molecule has 0 radical (unpaired) electrons. The Bertz CT molecular complexity index is 3390. The SMILES string of the molecule is CC(C)(C)[Si](C)(C)O[C@@H]1CC(=CCP(=O)(c2ccccc2)c2ccccc2)C[C@@H](O[Si](C)(C)C(C)(C)C)C12CO2.COCOC(C)(C)CCC[C@@H](C)C1CCC2/C(=C/C=C3C[C@@H](O[Si](C)(C)C(C)(C)C)C4(CO4)[C@H](O[Si](C)(C)C(C)(C)C)C3)CCCC21C.COCOC(C)(C)CCC[C@@H](C)C1CCC2C(=O)CCCC21C.[CH2-]CCC.[Li+]. The van der Waals surface area contributed by atoms with E-state index in [4.69, 9.17) is 46.1 Å². The Morgan fingerprint density at radius 3 is 1.20 bits per heavy atom. The molecule has 10 rings (SSSR count). The van der Waals surface area contributed by atoms with Crippen molar-refractivity contribution < 1.29 is 74.3 Å². The van der Waals surface area contributed by atoms with Crippen LogP contribution in [0, 0.1) is 53.3 Å². The van der Waals surface area contributed by atoms with Gasteiger partial charge >= 0.3 is 18.9 Å². The van der Waals surface area contributed by atoms with Crippen LogP contribution in [-0.4, -0.2) is 133 Å². The molecule has 2 aliphatic heterocycles. The Kier molecular flexibility index (Phi) is 36.9. The first-order chi connectivity index (χ1) is 53.1. The molecule has 116 heavy (non-hydrogen) atoms. The van der Waals surface area contributed by atoms with Gasteiger partial charge in [-0.2, -0.15) is 6.42 Å². The molecule has 2 aromatic carbocycles. The van der Waals surface area contributed by atoms with E-state index in [1.807, 2.05) is 60.7 Å². The van der Waals surface area contributed by atoms with Crippen LogP contribution in [0.3, 0.4) is 0 Å². The molecular weight excluding hydrogens is 1520 g/mol. The van der Waals surface area contributed by atoms with Crippen molar-refractivity contribution in [3.05, 3.63) is 103 Å². The summed E-state index contributed by atoms with van der Waals surface area (Å²) < 4.78 is 78.1. The number of ketones is 1. The predicted octanol–water partition coefficient (Wildman–Crippen LogP) is 23.5. The first-order valence-electron chi connectivity index (χ1n) is 45.4.